The Morgan fingerprint density at radius 2 is 2.38 bits per heavy atom. The van der Waals surface area contributed by atoms with Crippen molar-refractivity contribution in [3.05, 3.63) is 36.2 Å². The lowest BCUT2D eigenvalue weighted by molar-refractivity contribution is -0.121. The number of ether oxygens (including phenoxy) is 2. The Hall–Kier alpha value is -2.64. The van der Waals surface area contributed by atoms with Gasteiger partial charge in [-0.3, -0.25) is 9.48 Å². The number of anilines is 1. The maximum Gasteiger partial charge on any atom is 0.257 e. The van der Waals surface area contributed by atoms with Gasteiger partial charge in [-0.2, -0.15) is 5.10 Å². The van der Waals surface area contributed by atoms with Crippen molar-refractivity contribution >= 4 is 11.6 Å². The van der Waals surface area contributed by atoms with Crippen LogP contribution < -0.4 is 14.8 Å². The zero-order valence-corrected chi connectivity index (χ0v) is 13.0. The number of nitrogens with zero attached hydrogens (tertiary/aromatic N) is 2. The zero-order chi connectivity index (χ0) is 17.1. The van der Waals surface area contributed by atoms with Crippen LogP contribution in [0.5, 0.6) is 11.5 Å². The molecule has 3 rings (SSSR count). The van der Waals surface area contributed by atoms with Crippen LogP contribution in [0.1, 0.15) is 5.56 Å². The summed E-state index contributed by atoms with van der Waals surface area (Å²) in [7, 11) is 1.58. The minimum atomic E-state index is -2.49. The maximum atomic E-state index is 12.3. The maximum absolute atomic E-state index is 12.3. The van der Waals surface area contributed by atoms with Crippen LogP contribution in [0.25, 0.3) is 0 Å². The van der Waals surface area contributed by atoms with E-state index in [0.29, 0.717) is 23.6 Å². The number of carbonyl (C=O) groups is 1. The molecule has 0 fully saturated rings. The first-order valence-electron chi connectivity index (χ1n) is 7.46. The van der Waals surface area contributed by atoms with Crippen molar-refractivity contribution < 1.29 is 23.0 Å². The monoisotopic (exact) mass is 337 g/mol. The van der Waals surface area contributed by atoms with Crippen molar-refractivity contribution in [2.45, 2.75) is 19.4 Å². The molecule has 1 unspecified atom stereocenters. The van der Waals surface area contributed by atoms with Gasteiger partial charge in [-0.25, -0.2) is 8.78 Å². The molecule has 0 saturated heterocycles. The highest BCUT2D eigenvalue weighted by Gasteiger charge is 2.26. The number of aromatic nitrogens is 2. The lowest BCUT2D eigenvalue weighted by atomic mass is 9.96. The molecule has 128 valence electrons. The number of rotatable bonds is 5. The number of amides is 1. The second kappa shape index (κ2) is 6.86. The summed E-state index contributed by atoms with van der Waals surface area (Å²) in [4.78, 5) is 12.3. The number of alkyl halides is 2. The van der Waals surface area contributed by atoms with Gasteiger partial charge in [0.15, 0.2) is 0 Å². The van der Waals surface area contributed by atoms with Gasteiger partial charge in [0.2, 0.25) is 5.91 Å². The van der Waals surface area contributed by atoms with Crippen LogP contribution in [0.3, 0.4) is 0 Å². The van der Waals surface area contributed by atoms with E-state index in [9.17, 15) is 13.6 Å². The Labute approximate surface area is 137 Å². The third kappa shape index (κ3) is 3.64. The molecule has 2 heterocycles. The quantitative estimate of drug-likeness (QED) is 0.910. The van der Waals surface area contributed by atoms with Crippen LogP contribution in [-0.2, 0) is 17.8 Å². The summed E-state index contributed by atoms with van der Waals surface area (Å²) < 4.78 is 36.5. The Kier molecular flexibility index (Phi) is 4.64. The van der Waals surface area contributed by atoms with Gasteiger partial charge in [-0.15, -0.1) is 0 Å². The van der Waals surface area contributed by atoms with E-state index in [1.54, 1.807) is 13.2 Å². The average Bonchev–Trinajstić information content (AvgIpc) is 2.99. The Bertz CT molecular complexity index is 733. The molecule has 6 nitrogen and oxygen atoms in total. The molecule has 1 amide bonds. The lowest BCUT2D eigenvalue weighted by Crippen LogP contribution is -2.32. The van der Waals surface area contributed by atoms with Gasteiger partial charge in [-0.05, 0) is 18.1 Å². The summed E-state index contributed by atoms with van der Waals surface area (Å²) in [6, 6.07) is 5.48. The largest absolute Gasteiger partial charge is 0.497 e. The van der Waals surface area contributed by atoms with Gasteiger partial charge in [0.05, 0.1) is 24.9 Å². The molecule has 0 bridgehead atoms. The van der Waals surface area contributed by atoms with E-state index in [1.165, 1.54) is 12.4 Å². The molecule has 2 aromatic rings. The van der Waals surface area contributed by atoms with Crippen LogP contribution in [-0.4, -0.2) is 35.8 Å². The number of hydrogen-bond acceptors (Lipinski definition) is 4. The van der Waals surface area contributed by atoms with Crippen molar-refractivity contribution in [2.24, 2.45) is 5.92 Å². The number of carbonyl (C=O) groups excluding carboxylic acids is 1. The molecule has 1 aliphatic heterocycles. The van der Waals surface area contributed by atoms with Gasteiger partial charge < -0.3 is 14.8 Å². The Balaban J connectivity index is 1.62. The first-order chi connectivity index (χ1) is 11.5. The third-order valence-electron chi connectivity index (χ3n) is 3.78. The van der Waals surface area contributed by atoms with Crippen molar-refractivity contribution in [2.75, 3.05) is 19.0 Å². The first-order valence-corrected chi connectivity index (χ1v) is 7.46. The van der Waals surface area contributed by atoms with E-state index in [0.717, 1.165) is 10.2 Å². The number of hydrogen-bond donors (Lipinski definition) is 1. The number of nitrogens with one attached hydrogen (secondary N) is 1. The second-order valence-electron chi connectivity index (χ2n) is 5.52. The minimum absolute atomic E-state index is 0.229. The molecule has 0 spiro atoms. The van der Waals surface area contributed by atoms with Crippen molar-refractivity contribution in [3.8, 4) is 11.5 Å². The lowest BCUT2D eigenvalue weighted by Gasteiger charge is -2.24. The highest BCUT2D eigenvalue weighted by Crippen LogP contribution is 2.31. The van der Waals surface area contributed by atoms with Crippen molar-refractivity contribution in [1.29, 1.82) is 0 Å². The van der Waals surface area contributed by atoms with Crippen LogP contribution in [0, 0.1) is 5.92 Å². The molecule has 24 heavy (non-hydrogen) atoms. The number of methoxy groups -OCH3 is 1. The van der Waals surface area contributed by atoms with Crippen molar-refractivity contribution in [1.82, 2.24) is 9.78 Å². The smallest absolute Gasteiger partial charge is 0.257 e. The summed E-state index contributed by atoms with van der Waals surface area (Å²) in [5.74, 6) is 0.823. The molecule has 1 aliphatic rings. The number of fused-ring (bicyclic) bond motifs is 1. The van der Waals surface area contributed by atoms with E-state index in [1.807, 2.05) is 12.1 Å². The highest BCUT2D eigenvalue weighted by molar-refractivity contribution is 5.92. The molecule has 1 aromatic carbocycles. The Morgan fingerprint density at radius 3 is 3.12 bits per heavy atom. The van der Waals surface area contributed by atoms with Gasteiger partial charge >= 0.3 is 0 Å². The molecule has 1 aromatic heterocycles. The fourth-order valence-electron chi connectivity index (χ4n) is 2.56. The van der Waals surface area contributed by atoms with E-state index in [4.69, 9.17) is 9.47 Å². The summed E-state index contributed by atoms with van der Waals surface area (Å²) in [6.45, 7) is -0.255. The molecule has 8 heteroatoms. The van der Waals surface area contributed by atoms with E-state index in [2.05, 4.69) is 10.4 Å². The van der Waals surface area contributed by atoms with Crippen LogP contribution in [0.2, 0.25) is 0 Å². The Morgan fingerprint density at radius 1 is 1.54 bits per heavy atom. The normalized spacial score (nSPS) is 16.4. The van der Waals surface area contributed by atoms with E-state index >= 15 is 0 Å². The molecule has 0 saturated carbocycles. The predicted octanol–water partition coefficient (Wildman–Crippen LogP) is 2.35. The van der Waals surface area contributed by atoms with Gasteiger partial charge in [0.1, 0.15) is 24.7 Å². The standard InChI is InChI=1S/C16H17F2N3O3/c1-23-13-3-2-10-4-11(9-24-14(10)5-13)16(22)20-12-6-19-21(7-12)8-15(17)18/h2-3,5-7,11,15H,4,8-9H2,1H3,(H,20,22). The minimum Gasteiger partial charge on any atom is -0.497 e. The fraction of sp³-hybridized carbons (Fsp3) is 0.375. The number of benzene rings is 1. The molecule has 0 radical (unpaired) electrons. The molecule has 0 aliphatic carbocycles. The second-order valence-corrected chi connectivity index (χ2v) is 5.52. The molecule has 1 atom stereocenters. The zero-order valence-electron chi connectivity index (χ0n) is 13.0. The average molecular weight is 337 g/mol. The molecular weight excluding hydrogens is 320 g/mol. The topological polar surface area (TPSA) is 65.4 Å². The first kappa shape index (κ1) is 16.2. The van der Waals surface area contributed by atoms with Crippen LogP contribution in [0.15, 0.2) is 30.6 Å². The summed E-state index contributed by atoms with van der Waals surface area (Å²) in [6.07, 6.45) is 0.778. The SMILES string of the molecule is COc1ccc2c(c1)OCC(C(=O)Nc1cnn(CC(F)F)c1)C2. The summed E-state index contributed by atoms with van der Waals surface area (Å²) in [5, 5.41) is 6.47. The van der Waals surface area contributed by atoms with Crippen molar-refractivity contribution in [3.63, 3.8) is 0 Å². The van der Waals surface area contributed by atoms with E-state index < -0.39 is 13.0 Å². The molecular formula is C16H17F2N3O3. The number of halogens is 2. The van der Waals surface area contributed by atoms with Gasteiger partial charge in [0, 0.05) is 12.3 Å². The predicted molar refractivity (Wildman–Crippen MR) is 82.5 cm³/mol. The third-order valence-corrected chi connectivity index (χ3v) is 3.78. The summed E-state index contributed by atoms with van der Waals surface area (Å²) in [5.41, 5.74) is 1.32. The molecule has 1 N–H and O–H groups in total. The van der Waals surface area contributed by atoms with Crippen LogP contribution >= 0.6 is 0 Å². The van der Waals surface area contributed by atoms with E-state index in [-0.39, 0.29) is 18.4 Å². The fourth-order valence-corrected chi connectivity index (χ4v) is 2.56. The van der Waals surface area contributed by atoms with Gasteiger partial charge in [0.25, 0.3) is 6.43 Å². The van der Waals surface area contributed by atoms with Crippen LogP contribution in [0.4, 0.5) is 14.5 Å². The highest BCUT2D eigenvalue weighted by atomic mass is 19.3. The van der Waals surface area contributed by atoms with Gasteiger partial charge in [-0.1, -0.05) is 6.07 Å². The summed E-state index contributed by atoms with van der Waals surface area (Å²) >= 11 is 0.